The van der Waals surface area contributed by atoms with Gasteiger partial charge in [-0.15, -0.1) is 0 Å². The van der Waals surface area contributed by atoms with E-state index in [-0.39, 0.29) is 24.5 Å². The van der Waals surface area contributed by atoms with Crippen LogP contribution in [0.5, 0.6) is 0 Å². The van der Waals surface area contributed by atoms with Crippen molar-refractivity contribution in [2.75, 3.05) is 17.2 Å². The summed E-state index contributed by atoms with van der Waals surface area (Å²) in [6, 6.07) is 6.49. The SMILES string of the molecule is CC(=O)CCC(=O)OCC(=O)Nc1ccc(NC(C)=O)cc1. The Balaban J connectivity index is 2.37. The van der Waals surface area contributed by atoms with Gasteiger partial charge in [0.25, 0.3) is 5.91 Å². The zero-order valence-electron chi connectivity index (χ0n) is 12.5. The molecule has 1 rings (SSSR count). The monoisotopic (exact) mass is 306 g/mol. The van der Waals surface area contributed by atoms with E-state index in [4.69, 9.17) is 4.74 Å². The molecular formula is C15H18N2O5. The number of nitrogens with one attached hydrogen (secondary N) is 2. The average Bonchev–Trinajstić information content (AvgIpc) is 2.44. The quantitative estimate of drug-likeness (QED) is 0.743. The van der Waals surface area contributed by atoms with Gasteiger partial charge in [-0.25, -0.2) is 0 Å². The van der Waals surface area contributed by atoms with Crippen LogP contribution < -0.4 is 10.6 Å². The Bertz CT molecular complexity index is 566. The Morgan fingerprint density at radius 3 is 1.95 bits per heavy atom. The Morgan fingerprint density at radius 1 is 0.909 bits per heavy atom. The van der Waals surface area contributed by atoms with Crippen LogP contribution in [0.15, 0.2) is 24.3 Å². The van der Waals surface area contributed by atoms with Crippen molar-refractivity contribution < 1.29 is 23.9 Å². The lowest BCUT2D eigenvalue weighted by atomic mass is 10.2. The smallest absolute Gasteiger partial charge is 0.306 e. The summed E-state index contributed by atoms with van der Waals surface area (Å²) in [6.07, 6.45) is 0.0685. The Morgan fingerprint density at radius 2 is 1.45 bits per heavy atom. The van der Waals surface area contributed by atoms with Crippen LogP contribution in [0.25, 0.3) is 0 Å². The molecule has 0 saturated heterocycles. The van der Waals surface area contributed by atoms with Crippen molar-refractivity contribution in [1.82, 2.24) is 0 Å². The molecule has 0 saturated carbocycles. The second kappa shape index (κ2) is 8.56. The predicted molar refractivity (Wildman–Crippen MR) is 80.2 cm³/mol. The maximum absolute atomic E-state index is 11.6. The molecule has 0 aromatic heterocycles. The predicted octanol–water partition coefficient (Wildman–Crippen LogP) is 1.50. The van der Waals surface area contributed by atoms with Gasteiger partial charge in [0.2, 0.25) is 5.91 Å². The number of Topliss-reactive ketones (excluding diaryl/α,β-unsaturated/α-hetero) is 1. The summed E-state index contributed by atoms with van der Waals surface area (Å²) in [7, 11) is 0. The molecule has 0 bridgehead atoms. The second-order valence-corrected chi connectivity index (χ2v) is 4.67. The first-order valence-corrected chi connectivity index (χ1v) is 6.69. The number of anilines is 2. The van der Waals surface area contributed by atoms with Gasteiger partial charge in [0.15, 0.2) is 6.61 Å². The lowest BCUT2D eigenvalue weighted by Crippen LogP contribution is -2.21. The van der Waals surface area contributed by atoms with E-state index in [0.29, 0.717) is 11.4 Å². The molecule has 2 N–H and O–H groups in total. The normalized spacial score (nSPS) is 9.73. The number of rotatable bonds is 7. The van der Waals surface area contributed by atoms with E-state index in [2.05, 4.69) is 10.6 Å². The van der Waals surface area contributed by atoms with E-state index < -0.39 is 18.5 Å². The number of carbonyl (C=O) groups is 4. The summed E-state index contributed by atoms with van der Waals surface area (Å²) in [6.45, 7) is 2.37. The van der Waals surface area contributed by atoms with Gasteiger partial charge in [0.05, 0.1) is 6.42 Å². The largest absolute Gasteiger partial charge is 0.456 e. The van der Waals surface area contributed by atoms with Crippen LogP contribution >= 0.6 is 0 Å². The summed E-state index contributed by atoms with van der Waals surface area (Å²) < 4.78 is 4.74. The standard InChI is InChI=1S/C15H18N2O5/c1-10(18)3-8-15(21)22-9-14(20)17-13-6-4-12(5-7-13)16-11(2)19/h4-7H,3,8-9H2,1-2H3,(H,16,19)(H,17,20). The summed E-state index contributed by atoms with van der Waals surface area (Å²) in [5, 5.41) is 5.15. The van der Waals surface area contributed by atoms with E-state index in [1.807, 2.05) is 0 Å². The molecule has 0 aliphatic carbocycles. The van der Waals surface area contributed by atoms with Crippen molar-refractivity contribution in [2.24, 2.45) is 0 Å². The fourth-order valence-corrected chi connectivity index (χ4v) is 1.53. The number of benzene rings is 1. The van der Waals surface area contributed by atoms with Crippen LogP contribution in [0.4, 0.5) is 11.4 Å². The highest BCUT2D eigenvalue weighted by atomic mass is 16.5. The molecule has 0 aliphatic heterocycles. The van der Waals surface area contributed by atoms with E-state index in [9.17, 15) is 19.2 Å². The van der Waals surface area contributed by atoms with Gasteiger partial charge in [-0.05, 0) is 31.2 Å². The highest BCUT2D eigenvalue weighted by Crippen LogP contribution is 2.13. The average molecular weight is 306 g/mol. The minimum absolute atomic E-state index is 0.0337. The van der Waals surface area contributed by atoms with Gasteiger partial charge in [0.1, 0.15) is 5.78 Å². The number of ether oxygens (including phenoxy) is 1. The van der Waals surface area contributed by atoms with Crippen molar-refractivity contribution in [2.45, 2.75) is 26.7 Å². The van der Waals surface area contributed by atoms with Gasteiger partial charge in [-0.2, -0.15) is 0 Å². The molecule has 2 amide bonds. The molecule has 118 valence electrons. The summed E-state index contributed by atoms with van der Waals surface area (Å²) in [5.74, 6) is -1.37. The zero-order chi connectivity index (χ0) is 16.5. The minimum atomic E-state index is -0.591. The van der Waals surface area contributed by atoms with E-state index in [1.165, 1.54) is 13.8 Å². The number of amides is 2. The molecular weight excluding hydrogens is 288 g/mol. The number of hydrogen-bond acceptors (Lipinski definition) is 5. The molecule has 7 heteroatoms. The summed E-state index contributed by atoms with van der Waals surface area (Å²) in [5.41, 5.74) is 1.13. The molecule has 0 atom stereocenters. The number of esters is 1. The van der Waals surface area contributed by atoms with Crippen molar-refractivity contribution in [3.05, 3.63) is 24.3 Å². The Kier molecular flexibility index (Phi) is 6.75. The van der Waals surface area contributed by atoms with Crippen molar-refractivity contribution in [3.8, 4) is 0 Å². The maximum Gasteiger partial charge on any atom is 0.306 e. The second-order valence-electron chi connectivity index (χ2n) is 4.67. The van der Waals surface area contributed by atoms with Crippen molar-refractivity contribution in [3.63, 3.8) is 0 Å². The lowest BCUT2D eigenvalue weighted by Gasteiger charge is -2.07. The van der Waals surface area contributed by atoms with Gasteiger partial charge in [0, 0.05) is 24.7 Å². The fourth-order valence-electron chi connectivity index (χ4n) is 1.53. The lowest BCUT2D eigenvalue weighted by molar-refractivity contribution is -0.148. The third-order valence-corrected chi connectivity index (χ3v) is 2.53. The van der Waals surface area contributed by atoms with Crippen LogP contribution in [0.2, 0.25) is 0 Å². The topological polar surface area (TPSA) is 102 Å². The fraction of sp³-hybridized carbons (Fsp3) is 0.333. The first kappa shape index (κ1) is 17.4. The van der Waals surface area contributed by atoms with Crippen molar-refractivity contribution in [1.29, 1.82) is 0 Å². The molecule has 0 heterocycles. The minimum Gasteiger partial charge on any atom is -0.456 e. The number of hydrogen-bond donors (Lipinski definition) is 2. The van der Waals surface area contributed by atoms with E-state index >= 15 is 0 Å². The molecule has 0 spiro atoms. The first-order valence-electron chi connectivity index (χ1n) is 6.69. The molecule has 0 radical (unpaired) electrons. The van der Waals surface area contributed by atoms with Crippen LogP contribution in [0.3, 0.4) is 0 Å². The molecule has 0 unspecified atom stereocenters. The van der Waals surface area contributed by atoms with E-state index in [1.54, 1.807) is 24.3 Å². The summed E-state index contributed by atoms with van der Waals surface area (Å²) in [4.78, 5) is 44.4. The third-order valence-electron chi connectivity index (χ3n) is 2.53. The van der Waals surface area contributed by atoms with Gasteiger partial charge < -0.3 is 20.2 Å². The molecule has 0 aliphatic rings. The van der Waals surface area contributed by atoms with Crippen LogP contribution in [-0.2, 0) is 23.9 Å². The summed E-state index contributed by atoms with van der Waals surface area (Å²) >= 11 is 0. The molecule has 7 nitrogen and oxygen atoms in total. The number of carbonyl (C=O) groups excluding carboxylic acids is 4. The van der Waals surface area contributed by atoms with Gasteiger partial charge >= 0.3 is 5.97 Å². The highest BCUT2D eigenvalue weighted by molar-refractivity contribution is 5.93. The maximum atomic E-state index is 11.6. The van der Waals surface area contributed by atoms with Gasteiger partial charge in [-0.3, -0.25) is 14.4 Å². The zero-order valence-corrected chi connectivity index (χ0v) is 12.5. The molecule has 1 aromatic rings. The Labute approximate surface area is 128 Å². The number of ketones is 1. The van der Waals surface area contributed by atoms with Crippen LogP contribution in [0.1, 0.15) is 26.7 Å². The van der Waals surface area contributed by atoms with Gasteiger partial charge in [-0.1, -0.05) is 0 Å². The van der Waals surface area contributed by atoms with E-state index in [0.717, 1.165) is 0 Å². The van der Waals surface area contributed by atoms with Crippen LogP contribution in [0, 0.1) is 0 Å². The van der Waals surface area contributed by atoms with Crippen molar-refractivity contribution >= 4 is 34.9 Å². The Hall–Kier alpha value is -2.70. The molecule has 1 aromatic carbocycles. The molecule has 0 fully saturated rings. The van der Waals surface area contributed by atoms with Crippen LogP contribution in [-0.4, -0.2) is 30.2 Å². The third kappa shape index (κ3) is 7.18. The highest BCUT2D eigenvalue weighted by Gasteiger charge is 2.09. The first-order chi connectivity index (χ1) is 10.4. The molecule has 22 heavy (non-hydrogen) atoms.